The quantitative estimate of drug-likeness (QED) is 0.807. The highest BCUT2D eigenvalue weighted by Gasteiger charge is 2.21. The zero-order valence-corrected chi connectivity index (χ0v) is 12.1. The summed E-state index contributed by atoms with van der Waals surface area (Å²) in [7, 11) is 1.41. The predicted molar refractivity (Wildman–Crippen MR) is 72.9 cm³/mol. The van der Waals surface area contributed by atoms with Crippen molar-refractivity contribution in [1.29, 1.82) is 0 Å². The Kier molecular flexibility index (Phi) is 4.78. The number of halogens is 1. The molecule has 0 spiro atoms. The van der Waals surface area contributed by atoms with E-state index < -0.39 is 17.6 Å². The van der Waals surface area contributed by atoms with Crippen LogP contribution in [-0.4, -0.2) is 29.7 Å². The van der Waals surface area contributed by atoms with Crippen LogP contribution in [0.3, 0.4) is 0 Å². The fraction of sp³-hybridized carbons (Fsp3) is 0.385. The third kappa shape index (κ3) is 5.18. The Labute approximate surface area is 117 Å². The van der Waals surface area contributed by atoms with Crippen LogP contribution in [0.4, 0.5) is 4.79 Å². The zero-order valence-electron chi connectivity index (χ0n) is 11.4. The predicted octanol–water partition coefficient (Wildman–Crippen LogP) is 2.85. The molecule has 0 bridgehead atoms. The summed E-state index contributed by atoms with van der Waals surface area (Å²) in [5.74, 6) is -0.434. The Morgan fingerprint density at radius 1 is 1.32 bits per heavy atom. The fourth-order valence-corrected chi connectivity index (χ4v) is 1.41. The molecule has 19 heavy (non-hydrogen) atoms. The molecule has 1 aromatic carbocycles. The average molecular weight is 285 g/mol. The van der Waals surface area contributed by atoms with Gasteiger partial charge in [-0.2, -0.15) is 0 Å². The van der Waals surface area contributed by atoms with Gasteiger partial charge in [0.1, 0.15) is 5.60 Å². The van der Waals surface area contributed by atoms with E-state index in [1.807, 2.05) is 0 Å². The van der Waals surface area contributed by atoms with Crippen molar-refractivity contribution in [3.63, 3.8) is 0 Å². The lowest BCUT2D eigenvalue weighted by molar-refractivity contribution is 0.0195. The molecule has 0 unspecified atom stereocenters. The zero-order chi connectivity index (χ0) is 14.6. The first kappa shape index (κ1) is 15.3. The number of benzene rings is 1. The van der Waals surface area contributed by atoms with Crippen molar-refractivity contribution in [1.82, 2.24) is 10.4 Å². The molecular weight excluding hydrogens is 268 g/mol. The van der Waals surface area contributed by atoms with Gasteiger partial charge in [-0.05, 0) is 39.0 Å². The molecule has 1 rings (SSSR count). The standard InChI is InChI=1S/C13H17ClN2O3/c1-13(2,3)19-12(18)16(4)15-11(17)9-6-5-7-10(14)8-9/h5-8H,1-4H3,(H,15,17). The number of rotatable bonds is 1. The van der Waals surface area contributed by atoms with Crippen molar-refractivity contribution >= 4 is 23.6 Å². The van der Waals surface area contributed by atoms with Gasteiger partial charge in [-0.15, -0.1) is 0 Å². The summed E-state index contributed by atoms with van der Waals surface area (Å²) < 4.78 is 5.11. The van der Waals surface area contributed by atoms with Crippen LogP contribution in [-0.2, 0) is 4.74 Å². The van der Waals surface area contributed by atoms with Crippen molar-refractivity contribution in [3.8, 4) is 0 Å². The molecule has 0 aliphatic rings. The van der Waals surface area contributed by atoms with Gasteiger partial charge in [-0.25, -0.2) is 9.80 Å². The number of hydrazine groups is 1. The monoisotopic (exact) mass is 284 g/mol. The molecule has 1 aromatic rings. The van der Waals surface area contributed by atoms with Crippen molar-refractivity contribution in [2.45, 2.75) is 26.4 Å². The molecule has 2 amide bonds. The lowest BCUT2D eigenvalue weighted by atomic mass is 10.2. The van der Waals surface area contributed by atoms with E-state index in [1.54, 1.807) is 39.0 Å². The highest BCUT2D eigenvalue weighted by atomic mass is 35.5. The molecule has 0 aliphatic carbocycles. The summed E-state index contributed by atoms with van der Waals surface area (Å²) in [5.41, 5.74) is 2.15. The molecule has 6 heteroatoms. The Hall–Kier alpha value is -1.75. The first-order chi connectivity index (χ1) is 8.69. The van der Waals surface area contributed by atoms with Gasteiger partial charge < -0.3 is 4.74 Å². The Bertz CT molecular complexity index is 483. The number of nitrogens with one attached hydrogen (secondary N) is 1. The second kappa shape index (κ2) is 5.93. The van der Waals surface area contributed by atoms with Crippen LogP contribution < -0.4 is 5.43 Å². The van der Waals surface area contributed by atoms with Gasteiger partial charge in [0.05, 0.1) is 0 Å². The van der Waals surface area contributed by atoms with E-state index in [4.69, 9.17) is 16.3 Å². The minimum Gasteiger partial charge on any atom is -0.442 e. The van der Waals surface area contributed by atoms with E-state index >= 15 is 0 Å². The van der Waals surface area contributed by atoms with E-state index in [0.717, 1.165) is 5.01 Å². The van der Waals surface area contributed by atoms with Crippen LogP contribution in [0.15, 0.2) is 24.3 Å². The smallest absolute Gasteiger partial charge is 0.428 e. The molecule has 0 saturated heterocycles. The fourth-order valence-electron chi connectivity index (χ4n) is 1.22. The minimum absolute atomic E-state index is 0.364. The van der Waals surface area contributed by atoms with Crippen LogP contribution >= 0.6 is 11.6 Å². The Balaban J connectivity index is 2.64. The second-order valence-electron chi connectivity index (χ2n) is 4.99. The van der Waals surface area contributed by atoms with Crippen LogP contribution in [0.5, 0.6) is 0 Å². The second-order valence-corrected chi connectivity index (χ2v) is 5.43. The SMILES string of the molecule is CN(NC(=O)c1cccc(Cl)c1)C(=O)OC(C)(C)C. The van der Waals surface area contributed by atoms with Gasteiger partial charge in [0, 0.05) is 17.6 Å². The topological polar surface area (TPSA) is 58.6 Å². The third-order valence-electron chi connectivity index (χ3n) is 2.02. The lowest BCUT2D eigenvalue weighted by Gasteiger charge is -2.24. The number of hydrogen-bond donors (Lipinski definition) is 1. The summed E-state index contributed by atoms with van der Waals surface area (Å²) >= 11 is 5.79. The van der Waals surface area contributed by atoms with Gasteiger partial charge in [-0.3, -0.25) is 10.2 Å². The number of nitrogens with zero attached hydrogens (tertiary/aromatic N) is 1. The maximum atomic E-state index is 11.9. The summed E-state index contributed by atoms with van der Waals surface area (Å²) in [6.07, 6.45) is -0.636. The van der Waals surface area contributed by atoms with E-state index in [-0.39, 0.29) is 0 Å². The number of carbonyl (C=O) groups excluding carboxylic acids is 2. The molecular formula is C13H17ClN2O3. The normalized spacial score (nSPS) is 10.8. The molecule has 5 nitrogen and oxygen atoms in total. The average Bonchev–Trinajstić information content (AvgIpc) is 2.26. The van der Waals surface area contributed by atoms with Crippen molar-refractivity contribution < 1.29 is 14.3 Å². The van der Waals surface area contributed by atoms with Crippen molar-refractivity contribution in [3.05, 3.63) is 34.9 Å². The van der Waals surface area contributed by atoms with Crippen LogP contribution in [0.25, 0.3) is 0 Å². The summed E-state index contributed by atoms with van der Waals surface area (Å²) in [6, 6.07) is 6.44. The largest absolute Gasteiger partial charge is 0.442 e. The van der Waals surface area contributed by atoms with E-state index in [0.29, 0.717) is 10.6 Å². The van der Waals surface area contributed by atoms with Gasteiger partial charge in [0.25, 0.3) is 5.91 Å². The molecule has 0 radical (unpaired) electrons. The molecule has 0 heterocycles. The van der Waals surface area contributed by atoms with Gasteiger partial charge in [0.2, 0.25) is 0 Å². The molecule has 0 saturated carbocycles. The molecule has 0 aliphatic heterocycles. The maximum Gasteiger partial charge on any atom is 0.428 e. The number of hydrogen-bond acceptors (Lipinski definition) is 3. The number of ether oxygens (including phenoxy) is 1. The highest BCUT2D eigenvalue weighted by Crippen LogP contribution is 2.11. The first-order valence-corrected chi connectivity index (χ1v) is 6.10. The first-order valence-electron chi connectivity index (χ1n) is 5.72. The summed E-state index contributed by atoms with van der Waals surface area (Å²) in [6.45, 7) is 5.24. The van der Waals surface area contributed by atoms with Gasteiger partial charge in [-0.1, -0.05) is 17.7 Å². The lowest BCUT2D eigenvalue weighted by Crippen LogP contribution is -2.45. The Morgan fingerprint density at radius 2 is 1.95 bits per heavy atom. The van der Waals surface area contributed by atoms with E-state index in [2.05, 4.69) is 5.43 Å². The Morgan fingerprint density at radius 3 is 2.47 bits per heavy atom. The van der Waals surface area contributed by atoms with Crippen LogP contribution in [0.1, 0.15) is 31.1 Å². The highest BCUT2D eigenvalue weighted by molar-refractivity contribution is 6.30. The molecule has 0 atom stereocenters. The summed E-state index contributed by atoms with van der Waals surface area (Å²) in [4.78, 5) is 23.5. The van der Waals surface area contributed by atoms with Gasteiger partial charge in [0.15, 0.2) is 0 Å². The van der Waals surface area contributed by atoms with E-state index in [9.17, 15) is 9.59 Å². The molecule has 104 valence electrons. The minimum atomic E-state index is -0.636. The van der Waals surface area contributed by atoms with E-state index in [1.165, 1.54) is 13.1 Å². The number of amides is 2. The summed E-state index contributed by atoms with van der Waals surface area (Å²) in [5, 5.41) is 1.45. The maximum absolute atomic E-state index is 11.9. The van der Waals surface area contributed by atoms with Crippen molar-refractivity contribution in [2.75, 3.05) is 7.05 Å². The van der Waals surface area contributed by atoms with Crippen LogP contribution in [0, 0.1) is 0 Å². The third-order valence-corrected chi connectivity index (χ3v) is 2.26. The molecule has 1 N–H and O–H groups in total. The van der Waals surface area contributed by atoms with Crippen LogP contribution in [0.2, 0.25) is 5.02 Å². The van der Waals surface area contributed by atoms with Gasteiger partial charge >= 0.3 is 6.09 Å². The molecule has 0 fully saturated rings. The number of carbonyl (C=O) groups is 2. The molecule has 0 aromatic heterocycles. The van der Waals surface area contributed by atoms with Crippen molar-refractivity contribution in [2.24, 2.45) is 0 Å².